The van der Waals surface area contributed by atoms with Gasteiger partial charge in [-0.25, -0.2) is 14.6 Å². The third-order valence-corrected chi connectivity index (χ3v) is 9.16. The fourth-order valence-electron chi connectivity index (χ4n) is 6.56. The maximum absolute atomic E-state index is 13.5. The molecule has 5 heterocycles. The van der Waals surface area contributed by atoms with E-state index in [2.05, 4.69) is 69.6 Å². The lowest BCUT2D eigenvalue weighted by atomic mass is 9.91. The van der Waals surface area contributed by atoms with Crippen molar-refractivity contribution in [1.29, 1.82) is 0 Å². The summed E-state index contributed by atoms with van der Waals surface area (Å²) >= 11 is 0. The molecule has 0 atom stereocenters. The number of piperidine rings is 2. The predicted octanol–water partition coefficient (Wildman–Crippen LogP) is 4.42. The van der Waals surface area contributed by atoms with Gasteiger partial charge in [0.1, 0.15) is 12.1 Å². The van der Waals surface area contributed by atoms with Crippen LogP contribution >= 0.6 is 0 Å². The second-order valence-corrected chi connectivity index (χ2v) is 13.2. The van der Waals surface area contributed by atoms with Crippen molar-refractivity contribution in [3.8, 4) is 0 Å². The number of fused-ring (bicyclic) bond motifs is 1. The van der Waals surface area contributed by atoms with Crippen molar-refractivity contribution in [3.05, 3.63) is 42.1 Å². The Kier molecular flexibility index (Phi) is 10.3. The molecule has 2 aliphatic rings. The summed E-state index contributed by atoms with van der Waals surface area (Å²) < 4.78 is 7.26. The first-order valence-corrected chi connectivity index (χ1v) is 16.2. The van der Waals surface area contributed by atoms with Crippen LogP contribution in [0.3, 0.4) is 0 Å². The van der Waals surface area contributed by atoms with E-state index in [0.29, 0.717) is 18.4 Å². The van der Waals surface area contributed by atoms with Crippen molar-refractivity contribution >= 4 is 22.8 Å². The van der Waals surface area contributed by atoms with Gasteiger partial charge >= 0.3 is 0 Å². The van der Waals surface area contributed by atoms with Gasteiger partial charge in [-0.1, -0.05) is 19.4 Å². The summed E-state index contributed by atoms with van der Waals surface area (Å²) in [7, 11) is 1.77. The molecule has 0 saturated carbocycles. The number of pyridine rings is 1. The summed E-state index contributed by atoms with van der Waals surface area (Å²) in [5.74, 6) is 1.96. The van der Waals surface area contributed by atoms with E-state index in [1.54, 1.807) is 13.4 Å². The summed E-state index contributed by atoms with van der Waals surface area (Å²) in [6, 6.07) is 6.19. The Balaban J connectivity index is 1.15. The molecule has 0 unspecified atom stereocenters. The second-order valence-electron chi connectivity index (χ2n) is 13.2. The van der Waals surface area contributed by atoms with Crippen molar-refractivity contribution < 1.29 is 9.53 Å². The van der Waals surface area contributed by atoms with Gasteiger partial charge in [0.25, 0.3) is 0 Å². The number of ether oxygens (including phenoxy) is 1. The SMILES string of the molecule is CCCc1cccc(Cn2ncc3c(N4CCC(C(=O)N5CCC(CN(CCOC)C(C)(C)C)CC5)CC4)ncnc32)n1. The average Bonchev–Trinajstić information content (AvgIpc) is 3.42. The van der Waals surface area contributed by atoms with Crippen LogP contribution in [0, 0.1) is 11.8 Å². The molecule has 0 radical (unpaired) electrons. The second kappa shape index (κ2) is 14.1. The fraction of sp³-hybridized carbons (Fsp3) is 0.667. The van der Waals surface area contributed by atoms with Crippen LogP contribution in [0.5, 0.6) is 0 Å². The molecule has 234 valence electrons. The maximum Gasteiger partial charge on any atom is 0.225 e. The fourth-order valence-corrected chi connectivity index (χ4v) is 6.56. The molecular formula is C33H50N8O2. The molecule has 0 bridgehead atoms. The van der Waals surface area contributed by atoms with E-state index in [-0.39, 0.29) is 11.5 Å². The van der Waals surface area contributed by atoms with Crippen LogP contribution in [0.4, 0.5) is 5.82 Å². The van der Waals surface area contributed by atoms with Crippen LogP contribution in [0.15, 0.2) is 30.7 Å². The zero-order chi connectivity index (χ0) is 30.4. The number of methoxy groups -OCH3 is 1. The van der Waals surface area contributed by atoms with E-state index in [9.17, 15) is 4.79 Å². The minimum absolute atomic E-state index is 0.0853. The Morgan fingerprint density at radius 1 is 1.05 bits per heavy atom. The molecular weight excluding hydrogens is 540 g/mol. The number of carbonyl (C=O) groups is 1. The first kappa shape index (κ1) is 31.3. The number of rotatable bonds is 11. The number of amides is 1. The molecule has 0 aromatic carbocycles. The van der Waals surface area contributed by atoms with Gasteiger partial charge < -0.3 is 14.5 Å². The van der Waals surface area contributed by atoms with Crippen molar-refractivity contribution in [2.24, 2.45) is 11.8 Å². The van der Waals surface area contributed by atoms with E-state index in [1.165, 1.54) is 0 Å². The van der Waals surface area contributed by atoms with Crippen LogP contribution in [-0.2, 0) is 22.5 Å². The van der Waals surface area contributed by atoms with Crippen LogP contribution in [0.25, 0.3) is 11.0 Å². The van der Waals surface area contributed by atoms with Crippen molar-refractivity contribution in [2.45, 2.75) is 78.3 Å². The van der Waals surface area contributed by atoms with Crippen LogP contribution in [0.2, 0.25) is 0 Å². The Morgan fingerprint density at radius 2 is 1.79 bits per heavy atom. The third-order valence-electron chi connectivity index (χ3n) is 9.16. The van der Waals surface area contributed by atoms with Gasteiger partial charge in [0.05, 0.1) is 30.4 Å². The summed E-state index contributed by atoms with van der Waals surface area (Å²) in [6.07, 6.45) is 9.40. The van der Waals surface area contributed by atoms with Gasteiger partial charge in [0.15, 0.2) is 5.65 Å². The van der Waals surface area contributed by atoms with Crippen molar-refractivity contribution in [2.75, 3.05) is 57.9 Å². The van der Waals surface area contributed by atoms with E-state index in [4.69, 9.17) is 9.72 Å². The normalized spacial score (nSPS) is 17.3. The molecule has 0 N–H and O–H groups in total. The monoisotopic (exact) mass is 590 g/mol. The molecule has 2 saturated heterocycles. The lowest BCUT2D eigenvalue weighted by Crippen LogP contribution is -2.49. The average molecular weight is 591 g/mol. The van der Waals surface area contributed by atoms with Crippen LogP contribution in [-0.4, -0.2) is 99.0 Å². The zero-order valence-electron chi connectivity index (χ0n) is 26.8. The Hall–Kier alpha value is -3.11. The number of hydrogen-bond donors (Lipinski definition) is 0. The Bertz CT molecular complexity index is 1340. The largest absolute Gasteiger partial charge is 0.383 e. The highest BCUT2D eigenvalue weighted by molar-refractivity contribution is 5.87. The molecule has 2 aliphatic heterocycles. The van der Waals surface area contributed by atoms with Gasteiger partial charge in [-0.3, -0.25) is 14.7 Å². The van der Waals surface area contributed by atoms with Crippen molar-refractivity contribution in [1.82, 2.24) is 34.5 Å². The number of likely N-dealkylation sites (tertiary alicyclic amines) is 1. The molecule has 3 aromatic rings. The molecule has 0 spiro atoms. The topological polar surface area (TPSA) is 92.5 Å². The minimum Gasteiger partial charge on any atom is -0.383 e. The number of hydrogen-bond acceptors (Lipinski definition) is 8. The molecule has 10 heteroatoms. The quantitative estimate of drug-likeness (QED) is 0.324. The summed E-state index contributed by atoms with van der Waals surface area (Å²) in [5, 5.41) is 5.61. The molecule has 43 heavy (non-hydrogen) atoms. The summed E-state index contributed by atoms with van der Waals surface area (Å²) in [5.41, 5.74) is 3.03. The first-order valence-electron chi connectivity index (χ1n) is 16.2. The molecule has 3 aromatic heterocycles. The Labute approximate surface area is 256 Å². The van der Waals surface area contributed by atoms with Gasteiger partial charge in [-0.05, 0) is 70.9 Å². The third kappa shape index (κ3) is 7.70. The summed E-state index contributed by atoms with van der Waals surface area (Å²) in [6.45, 7) is 15.7. The van der Waals surface area contributed by atoms with E-state index < -0.39 is 0 Å². The van der Waals surface area contributed by atoms with Gasteiger partial charge in [0.2, 0.25) is 5.91 Å². The number of nitrogens with zero attached hydrogens (tertiary/aromatic N) is 8. The van der Waals surface area contributed by atoms with Gasteiger partial charge in [-0.15, -0.1) is 0 Å². The zero-order valence-corrected chi connectivity index (χ0v) is 26.8. The molecule has 10 nitrogen and oxygen atoms in total. The molecule has 5 rings (SSSR count). The number of carbonyl (C=O) groups excluding carboxylic acids is 1. The highest BCUT2D eigenvalue weighted by atomic mass is 16.5. The summed E-state index contributed by atoms with van der Waals surface area (Å²) in [4.78, 5) is 34.5. The highest BCUT2D eigenvalue weighted by Crippen LogP contribution is 2.30. The lowest BCUT2D eigenvalue weighted by molar-refractivity contribution is -0.137. The maximum atomic E-state index is 13.5. The predicted molar refractivity (Wildman–Crippen MR) is 170 cm³/mol. The van der Waals surface area contributed by atoms with Gasteiger partial charge in [0, 0.05) is 63.5 Å². The first-order chi connectivity index (χ1) is 20.8. The van der Waals surface area contributed by atoms with Crippen molar-refractivity contribution in [3.63, 3.8) is 0 Å². The lowest BCUT2D eigenvalue weighted by Gasteiger charge is -2.41. The molecule has 1 amide bonds. The van der Waals surface area contributed by atoms with Crippen LogP contribution < -0.4 is 4.90 Å². The minimum atomic E-state index is 0.0853. The van der Waals surface area contributed by atoms with E-state index in [0.717, 1.165) is 113 Å². The van der Waals surface area contributed by atoms with Crippen LogP contribution in [0.1, 0.15) is 71.2 Å². The molecule has 2 fully saturated rings. The Morgan fingerprint density at radius 3 is 2.49 bits per heavy atom. The van der Waals surface area contributed by atoms with Gasteiger partial charge in [-0.2, -0.15) is 5.10 Å². The highest BCUT2D eigenvalue weighted by Gasteiger charge is 2.33. The standard InChI is InChI=1S/C33H50N8O2/c1-6-8-27-9-7-10-28(37-27)23-41-31-29(21-36-41)30(34-24-35-31)38-17-13-26(14-18-38)32(42)39-15-11-25(12-16-39)22-40(19-20-43-5)33(2,3)4/h7,9-10,21,24-26H,6,8,11-20,22-23H2,1-5H3. The number of anilines is 1. The number of aromatic nitrogens is 5. The number of aryl methyl sites for hydroxylation is 1. The van der Waals surface area contributed by atoms with E-state index >= 15 is 0 Å². The smallest absolute Gasteiger partial charge is 0.225 e. The molecule has 0 aliphatic carbocycles. The van der Waals surface area contributed by atoms with E-state index in [1.807, 2.05) is 16.9 Å².